The first-order valence-corrected chi connectivity index (χ1v) is 7.55. The maximum Gasteiger partial charge on any atom is 0.416 e. The van der Waals surface area contributed by atoms with Crippen LogP contribution in [0.25, 0.3) is 0 Å². The largest absolute Gasteiger partial charge is 0.416 e. The Hall–Kier alpha value is -1.46. The Balaban J connectivity index is 2.33. The van der Waals surface area contributed by atoms with Gasteiger partial charge in [-0.25, -0.2) is 4.98 Å². The summed E-state index contributed by atoms with van der Waals surface area (Å²) in [6, 6.07) is 2.61. The van der Waals surface area contributed by atoms with Crippen LogP contribution in [0.2, 0.25) is 0 Å². The van der Waals surface area contributed by atoms with Gasteiger partial charge in [-0.15, -0.1) is 0 Å². The fourth-order valence-electron chi connectivity index (χ4n) is 2.28. The van der Waals surface area contributed by atoms with Gasteiger partial charge in [0.15, 0.2) is 0 Å². The van der Waals surface area contributed by atoms with Crippen LogP contribution in [0.1, 0.15) is 45.1 Å². The topological polar surface area (TPSA) is 28.2 Å². The number of nitrogens with one attached hydrogen (secondary N) is 1. The summed E-state index contributed by atoms with van der Waals surface area (Å²) >= 11 is 0. The zero-order chi connectivity index (χ0) is 15.5. The van der Waals surface area contributed by atoms with Crippen molar-refractivity contribution in [1.29, 1.82) is 0 Å². The predicted molar refractivity (Wildman–Crippen MR) is 78.7 cm³/mol. The van der Waals surface area contributed by atoms with E-state index in [9.17, 15) is 13.2 Å². The van der Waals surface area contributed by atoms with E-state index in [-0.39, 0.29) is 0 Å². The van der Waals surface area contributed by atoms with Crippen molar-refractivity contribution in [2.75, 3.05) is 23.3 Å². The van der Waals surface area contributed by atoms with Gasteiger partial charge in [-0.1, -0.05) is 13.8 Å². The monoisotopic (exact) mass is 301 g/mol. The van der Waals surface area contributed by atoms with Gasteiger partial charge in [0.25, 0.3) is 0 Å². The Kier molecular flexibility index (Phi) is 4.96. The summed E-state index contributed by atoms with van der Waals surface area (Å²) in [5.74, 6) is 0.746. The van der Waals surface area contributed by atoms with Crippen LogP contribution >= 0.6 is 0 Å². The number of pyridine rings is 1. The maximum atomic E-state index is 13.1. The van der Waals surface area contributed by atoms with Crippen molar-refractivity contribution in [3.8, 4) is 0 Å². The molecule has 0 unspecified atom stereocenters. The molecule has 6 heteroatoms. The average molecular weight is 301 g/mol. The molecule has 0 spiro atoms. The normalized spacial score (nSPS) is 15.1. The summed E-state index contributed by atoms with van der Waals surface area (Å²) in [4.78, 5) is 6.39. The maximum absolute atomic E-state index is 13.1. The summed E-state index contributed by atoms with van der Waals surface area (Å²) in [6.07, 6.45) is -0.534. The van der Waals surface area contributed by atoms with Crippen LogP contribution in [0.4, 0.5) is 24.8 Å². The van der Waals surface area contributed by atoms with E-state index in [4.69, 9.17) is 0 Å². The first-order chi connectivity index (χ1) is 9.95. The first-order valence-electron chi connectivity index (χ1n) is 7.55. The molecule has 1 N–H and O–H groups in total. The summed E-state index contributed by atoms with van der Waals surface area (Å²) in [5, 5.41) is 2.97. The number of hydrogen-bond acceptors (Lipinski definition) is 3. The molecule has 0 atom stereocenters. The molecule has 0 aliphatic heterocycles. The third-order valence-corrected chi connectivity index (χ3v) is 3.44. The zero-order valence-corrected chi connectivity index (χ0v) is 12.5. The van der Waals surface area contributed by atoms with Crippen LogP contribution in [-0.4, -0.2) is 24.1 Å². The second-order valence-corrected chi connectivity index (χ2v) is 5.45. The minimum Gasteiger partial charge on any atom is -0.370 e. The Labute approximate surface area is 123 Å². The fraction of sp³-hybridized carbons (Fsp3) is 0.667. The van der Waals surface area contributed by atoms with Crippen molar-refractivity contribution in [2.45, 2.75) is 51.7 Å². The number of alkyl halides is 3. The number of hydrogen-bond donors (Lipinski definition) is 1. The van der Waals surface area contributed by atoms with E-state index < -0.39 is 11.7 Å². The van der Waals surface area contributed by atoms with E-state index in [0.717, 1.165) is 38.3 Å². The summed E-state index contributed by atoms with van der Waals surface area (Å²) in [5.41, 5.74) is -0.632. The predicted octanol–water partition coefficient (Wildman–Crippen LogP) is 4.30. The molecule has 0 saturated heterocycles. The number of anilines is 2. The molecule has 1 aromatic rings. The molecule has 0 amide bonds. The van der Waals surface area contributed by atoms with Gasteiger partial charge < -0.3 is 10.2 Å². The molecule has 0 aromatic carbocycles. The average Bonchev–Trinajstić information content (AvgIpc) is 3.25. The molecule has 1 aliphatic carbocycles. The van der Waals surface area contributed by atoms with E-state index in [1.165, 1.54) is 6.07 Å². The van der Waals surface area contributed by atoms with Crippen molar-refractivity contribution >= 4 is 11.6 Å². The van der Waals surface area contributed by atoms with Crippen LogP contribution in [0.15, 0.2) is 12.1 Å². The van der Waals surface area contributed by atoms with Gasteiger partial charge in [-0.3, -0.25) is 0 Å². The van der Waals surface area contributed by atoms with Crippen molar-refractivity contribution in [2.24, 2.45) is 0 Å². The quantitative estimate of drug-likeness (QED) is 0.814. The van der Waals surface area contributed by atoms with E-state index in [1.54, 1.807) is 0 Å². The zero-order valence-electron chi connectivity index (χ0n) is 12.5. The highest BCUT2D eigenvalue weighted by Crippen LogP contribution is 2.36. The van der Waals surface area contributed by atoms with Gasteiger partial charge in [-0.05, 0) is 37.8 Å². The van der Waals surface area contributed by atoms with E-state index in [2.05, 4.69) is 10.3 Å². The van der Waals surface area contributed by atoms with Crippen LogP contribution in [0, 0.1) is 0 Å². The van der Waals surface area contributed by atoms with Gasteiger partial charge in [0.2, 0.25) is 0 Å². The van der Waals surface area contributed by atoms with Crippen molar-refractivity contribution < 1.29 is 13.2 Å². The molecular formula is C15H22F3N3. The highest BCUT2D eigenvalue weighted by molar-refractivity contribution is 5.52. The number of aromatic nitrogens is 1. The van der Waals surface area contributed by atoms with Crippen molar-refractivity contribution in [3.63, 3.8) is 0 Å². The van der Waals surface area contributed by atoms with Gasteiger partial charge in [0, 0.05) is 19.1 Å². The molecule has 1 aromatic heterocycles. The van der Waals surface area contributed by atoms with Gasteiger partial charge in [0.1, 0.15) is 11.6 Å². The summed E-state index contributed by atoms with van der Waals surface area (Å²) in [7, 11) is 0. The fourth-order valence-corrected chi connectivity index (χ4v) is 2.28. The highest BCUT2D eigenvalue weighted by Gasteiger charge is 2.34. The molecule has 1 heterocycles. The van der Waals surface area contributed by atoms with Crippen LogP contribution in [0.5, 0.6) is 0 Å². The van der Waals surface area contributed by atoms with E-state index in [1.807, 2.05) is 18.7 Å². The highest BCUT2D eigenvalue weighted by atomic mass is 19.4. The first kappa shape index (κ1) is 15.9. The van der Waals surface area contributed by atoms with Gasteiger partial charge in [0.05, 0.1) is 5.56 Å². The Morgan fingerprint density at radius 2 is 1.95 bits per heavy atom. The van der Waals surface area contributed by atoms with Crippen LogP contribution < -0.4 is 10.2 Å². The lowest BCUT2D eigenvalue weighted by Crippen LogP contribution is -2.28. The molecule has 1 fully saturated rings. The number of rotatable bonds is 7. The summed E-state index contributed by atoms with van der Waals surface area (Å²) < 4.78 is 39.2. The second kappa shape index (κ2) is 6.54. The minimum atomic E-state index is -4.35. The molecule has 21 heavy (non-hydrogen) atoms. The van der Waals surface area contributed by atoms with Crippen molar-refractivity contribution in [1.82, 2.24) is 4.98 Å². The lowest BCUT2D eigenvalue weighted by atomic mass is 10.2. The third kappa shape index (κ3) is 4.25. The van der Waals surface area contributed by atoms with Gasteiger partial charge in [-0.2, -0.15) is 13.2 Å². The molecule has 1 aliphatic rings. The van der Waals surface area contributed by atoms with Crippen molar-refractivity contribution in [3.05, 3.63) is 17.7 Å². The molecule has 118 valence electrons. The Morgan fingerprint density at radius 3 is 2.48 bits per heavy atom. The lowest BCUT2D eigenvalue weighted by molar-refractivity contribution is -0.137. The van der Waals surface area contributed by atoms with Crippen LogP contribution in [-0.2, 0) is 6.18 Å². The second-order valence-electron chi connectivity index (χ2n) is 5.45. The Bertz CT molecular complexity index is 470. The molecule has 0 radical (unpaired) electrons. The van der Waals surface area contributed by atoms with Gasteiger partial charge >= 0.3 is 6.18 Å². The molecule has 3 nitrogen and oxygen atoms in total. The van der Waals surface area contributed by atoms with E-state index in [0.29, 0.717) is 24.2 Å². The number of halogens is 3. The molecule has 2 rings (SSSR count). The van der Waals surface area contributed by atoms with E-state index >= 15 is 0 Å². The third-order valence-electron chi connectivity index (χ3n) is 3.44. The van der Waals surface area contributed by atoms with Crippen LogP contribution in [0.3, 0.4) is 0 Å². The SMILES string of the molecule is CCCNc1cc(C(F)(F)F)cc(N(CCC)C2CC2)n1. The minimum absolute atomic E-state index is 0.309. The molecular weight excluding hydrogens is 279 g/mol. The number of nitrogens with zero attached hydrogens (tertiary/aromatic N) is 2. The molecule has 0 bridgehead atoms. The standard InChI is InChI=1S/C15H22F3N3/c1-3-7-19-13-9-11(15(16,17)18)10-14(20-13)21(8-4-2)12-5-6-12/h9-10,12H,3-8H2,1-2H3,(H,19,20). The smallest absolute Gasteiger partial charge is 0.370 e. The lowest BCUT2D eigenvalue weighted by Gasteiger charge is -2.24. The molecule has 1 saturated carbocycles. The summed E-state index contributed by atoms with van der Waals surface area (Å²) in [6.45, 7) is 5.35. The Morgan fingerprint density at radius 1 is 1.24 bits per heavy atom.